The van der Waals surface area contributed by atoms with Gasteiger partial charge in [-0.05, 0) is 19.0 Å². The maximum absolute atomic E-state index is 12.9. The minimum atomic E-state index is -4.69. The minimum Gasteiger partial charge on any atom is -0.384 e. The summed E-state index contributed by atoms with van der Waals surface area (Å²) in [5.41, 5.74) is 4.04. The van der Waals surface area contributed by atoms with E-state index in [1.165, 1.54) is 30.0 Å². The van der Waals surface area contributed by atoms with Crippen LogP contribution in [0.4, 0.5) is 33.5 Å². The number of nitrogens with two attached hydrogens (primary N) is 1. The first-order valence-corrected chi connectivity index (χ1v) is 9.40. The number of hydrogen-bond acceptors (Lipinski definition) is 6. The lowest BCUT2D eigenvalue weighted by atomic mass is 10.1. The molecule has 1 aliphatic heterocycles. The molecule has 0 unspecified atom stereocenters. The second-order valence-corrected chi connectivity index (χ2v) is 6.83. The van der Waals surface area contributed by atoms with Gasteiger partial charge >= 0.3 is 6.18 Å². The third kappa shape index (κ3) is 6.62. The second-order valence-electron chi connectivity index (χ2n) is 6.83. The van der Waals surface area contributed by atoms with Gasteiger partial charge in [0.15, 0.2) is 11.3 Å². The summed E-state index contributed by atoms with van der Waals surface area (Å²) in [6, 6.07) is 1.48. The molecule has 1 fully saturated rings. The van der Waals surface area contributed by atoms with Crippen LogP contribution in [0.15, 0.2) is 24.7 Å². The standard InChI is InChI=1S/C12H10F3N7O.C5H9F2N.C2H2/c1-21-5-7(9(20-21)12(13,14)15)18-11(23)6-4-17-22-3-2-8(16)19-10(6)22;6-5(7)2-1-3-8-4-5;1-2/h2-5H,1H3,(H2,16,19)(H,18,23);8H,1-4H2;1-2H. The predicted octanol–water partition coefficient (Wildman–Crippen LogP) is 2.57. The largest absolute Gasteiger partial charge is 0.437 e. The normalized spacial score (nSPS) is 15.0. The number of carbonyl (C=O) groups is 1. The zero-order chi connectivity index (χ0) is 24.8. The van der Waals surface area contributed by atoms with Gasteiger partial charge in [-0.25, -0.2) is 18.3 Å². The van der Waals surface area contributed by atoms with Gasteiger partial charge in [0, 0.05) is 25.9 Å². The molecule has 178 valence electrons. The fourth-order valence-electron chi connectivity index (χ4n) is 2.85. The maximum atomic E-state index is 12.9. The number of aromatic nitrogens is 5. The summed E-state index contributed by atoms with van der Waals surface area (Å²) in [5.74, 6) is -3.07. The number of amides is 1. The average molecular weight is 472 g/mol. The van der Waals surface area contributed by atoms with Gasteiger partial charge in [-0.1, -0.05) is 0 Å². The van der Waals surface area contributed by atoms with E-state index in [0.29, 0.717) is 6.42 Å². The zero-order valence-electron chi connectivity index (χ0n) is 17.4. The number of hydrogen-bond donors (Lipinski definition) is 3. The van der Waals surface area contributed by atoms with Crippen molar-refractivity contribution >= 4 is 23.1 Å². The van der Waals surface area contributed by atoms with Gasteiger partial charge in [-0.15, -0.1) is 12.8 Å². The number of carbonyl (C=O) groups excluding carboxylic acids is 1. The van der Waals surface area contributed by atoms with Gasteiger partial charge in [0.05, 0.1) is 18.4 Å². The van der Waals surface area contributed by atoms with Crippen LogP contribution in [0.5, 0.6) is 0 Å². The summed E-state index contributed by atoms with van der Waals surface area (Å²) >= 11 is 0. The molecule has 0 saturated carbocycles. The number of terminal acetylenes is 1. The van der Waals surface area contributed by atoms with Crippen LogP contribution < -0.4 is 16.4 Å². The van der Waals surface area contributed by atoms with Crippen LogP contribution in [-0.2, 0) is 13.2 Å². The molecule has 1 saturated heterocycles. The molecule has 0 spiro atoms. The number of alkyl halides is 5. The van der Waals surface area contributed by atoms with Crippen molar-refractivity contribution < 1.29 is 26.7 Å². The number of nitrogens with zero attached hydrogens (tertiary/aromatic N) is 5. The van der Waals surface area contributed by atoms with E-state index in [2.05, 4.69) is 38.7 Å². The Morgan fingerprint density at radius 2 is 2.03 bits per heavy atom. The molecule has 0 aliphatic carbocycles. The molecule has 9 nitrogen and oxygen atoms in total. The fraction of sp³-hybridized carbons (Fsp3) is 0.368. The van der Waals surface area contributed by atoms with Crippen LogP contribution in [0.3, 0.4) is 0 Å². The second kappa shape index (κ2) is 10.3. The first-order valence-electron chi connectivity index (χ1n) is 9.40. The van der Waals surface area contributed by atoms with Gasteiger partial charge in [0.25, 0.3) is 11.8 Å². The highest BCUT2D eigenvalue weighted by Gasteiger charge is 2.38. The number of halogens is 5. The summed E-state index contributed by atoms with van der Waals surface area (Å²) in [7, 11) is 1.32. The molecule has 4 heterocycles. The molecule has 3 aromatic rings. The van der Waals surface area contributed by atoms with E-state index in [-0.39, 0.29) is 30.0 Å². The lowest BCUT2D eigenvalue weighted by molar-refractivity contribution is -0.140. The third-order valence-corrected chi connectivity index (χ3v) is 4.26. The Kier molecular flexibility index (Phi) is 7.94. The lowest BCUT2D eigenvalue weighted by Gasteiger charge is -2.21. The fourth-order valence-corrected chi connectivity index (χ4v) is 2.85. The molecule has 33 heavy (non-hydrogen) atoms. The van der Waals surface area contributed by atoms with E-state index in [0.717, 1.165) is 17.4 Å². The number of anilines is 2. The van der Waals surface area contributed by atoms with Crippen LogP contribution >= 0.6 is 0 Å². The van der Waals surface area contributed by atoms with Crippen molar-refractivity contribution in [2.75, 3.05) is 24.1 Å². The van der Waals surface area contributed by atoms with Crippen LogP contribution in [-0.4, -0.2) is 49.3 Å². The van der Waals surface area contributed by atoms with E-state index in [1.54, 1.807) is 0 Å². The first-order chi connectivity index (χ1) is 15.5. The van der Waals surface area contributed by atoms with Gasteiger partial charge in [-0.2, -0.15) is 23.4 Å². The number of nitrogen functional groups attached to an aromatic ring is 1. The molecule has 0 aromatic carbocycles. The van der Waals surface area contributed by atoms with Crippen LogP contribution in [0.25, 0.3) is 5.65 Å². The SMILES string of the molecule is C#C.Cn1cc(NC(=O)c2cnn3ccc(N)nc23)c(C(F)(F)F)n1.FC1(F)CCCNC1. The number of nitrogens with one attached hydrogen (secondary N) is 2. The van der Waals surface area contributed by atoms with Crippen LogP contribution in [0.2, 0.25) is 0 Å². The van der Waals surface area contributed by atoms with Crippen molar-refractivity contribution in [3.63, 3.8) is 0 Å². The maximum Gasteiger partial charge on any atom is 0.437 e. The minimum absolute atomic E-state index is 0.00530. The molecule has 4 N–H and O–H groups in total. The molecule has 1 aliphatic rings. The Morgan fingerprint density at radius 3 is 2.58 bits per heavy atom. The highest BCUT2D eigenvalue weighted by Crippen LogP contribution is 2.33. The summed E-state index contributed by atoms with van der Waals surface area (Å²) < 4.78 is 65.2. The smallest absolute Gasteiger partial charge is 0.384 e. The Morgan fingerprint density at radius 1 is 1.33 bits per heavy atom. The van der Waals surface area contributed by atoms with Crippen molar-refractivity contribution in [2.24, 2.45) is 7.05 Å². The number of piperidine rings is 1. The Hall–Kier alpha value is -3.73. The summed E-state index contributed by atoms with van der Waals surface area (Å²) in [6.45, 7) is 0.614. The molecule has 0 radical (unpaired) electrons. The Balaban J connectivity index is 0.000000323. The van der Waals surface area contributed by atoms with Crippen LogP contribution in [0, 0.1) is 12.8 Å². The molecule has 1 amide bonds. The highest BCUT2D eigenvalue weighted by atomic mass is 19.4. The molecule has 3 aromatic heterocycles. The summed E-state index contributed by atoms with van der Waals surface area (Å²) in [5, 5.41) is 12.0. The number of fused-ring (bicyclic) bond motifs is 1. The van der Waals surface area contributed by atoms with Crippen molar-refractivity contribution in [3.05, 3.63) is 35.9 Å². The summed E-state index contributed by atoms with van der Waals surface area (Å²) in [6.07, 6.45) is 7.72. The zero-order valence-corrected chi connectivity index (χ0v) is 17.4. The quantitative estimate of drug-likeness (QED) is 0.390. The topological polar surface area (TPSA) is 115 Å². The van der Waals surface area contributed by atoms with Crippen molar-refractivity contribution in [3.8, 4) is 12.8 Å². The van der Waals surface area contributed by atoms with E-state index < -0.39 is 29.4 Å². The monoisotopic (exact) mass is 472 g/mol. The molecule has 4 rings (SSSR count). The van der Waals surface area contributed by atoms with E-state index in [9.17, 15) is 26.7 Å². The van der Waals surface area contributed by atoms with E-state index >= 15 is 0 Å². The van der Waals surface area contributed by atoms with Crippen molar-refractivity contribution in [2.45, 2.75) is 24.9 Å². The molecule has 0 atom stereocenters. The van der Waals surface area contributed by atoms with Gasteiger partial charge < -0.3 is 16.4 Å². The van der Waals surface area contributed by atoms with Crippen molar-refractivity contribution in [1.82, 2.24) is 29.7 Å². The Labute approximate surface area is 185 Å². The predicted molar refractivity (Wildman–Crippen MR) is 111 cm³/mol. The Bertz CT molecular complexity index is 1110. The average Bonchev–Trinajstić information content (AvgIpc) is 3.32. The molecular weight excluding hydrogens is 451 g/mol. The van der Waals surface area contributed by atoms with E-state index in [4.69, 9.17) is 5.73 Å². The molecule has 14 heteroatoms. The van der Waals surface area contributed by atoms with Crippen molar-refractivity contribution in [1.29, 1.82) is 0 Å². The molecular formula is C19H21F5N8O. The van der Waals surface area contributed by atoms with Gasteiger partial charge in [0.2, 0.25) is 0 Å². The third-order valence-electron chi connectivity index (χ3n) is 4.26. The first kappa shape index (κ1) is 25.5. The molecule has 0 bridgehead atoms. The number of aryl methyl sites for hydroxylation is 1. The number of rotatable bonds is 2. The van der Waals surface area contributed by atoms with Crippen LogP contribution in [0.1, 0.15) is 28.9 Å². The van der Waals surface area contributed by atoms with Gasteiger partial charge in [-0.3, -0.25) is 9.48 Å². The highest BCUT2D eigenvalue weighted by molar-refractivity contribution is 6.08. The van der Waals surface area contributed by atoms with Gasteiger partial charge in [0.1, 0.15) is 11.4 Å². The lowest BCUT2D eigenvalue weighted by Crippen LogP contribution is -2.38. The summed E-state index contributed by atoms with van der Waals surface area (Å²) in [4.78, 5) is 16.2. The van der Waals surface area contributed by atoms with E-state index in [1.807, 2.05) is 0 Å².